The van der Waals surface area contributed by atoms with Crippen LogP contribution in [0.3, 0.4) is 0 Å². The Morgan fingerprint density at radius 2 is 1.89 bits per heavy atom. The molecule has 19 heavy (non-hydrogen) atoms. The molecule has 2 aliphatic rings. The summed E-state index contributed by atoms with van der Waals surface area (Å²) in [4.78, 5) is 0. The zero-order valence-corrected chi connectivity index (χ0v) is 12.5. The van der Waals surface area contributed by atoms with Crippen LogP contribution in [0.2, 0.25) is 0 Å². The topological polar surface area (TPSA) is 45.0 Å². The minimum atomic E-state index is -0.418. The molecule has 0 radical (unpaired) electrons. The van der Waals surface area contributed by atoms with Crippen molar-refractivity contribution >= 4 is 0 Å². The molecule has 0 aliphatic heterocycles. The molecule has 0 spiro atoms. The van der Waals surface area contributed by atoms with E-state index < -0.39 is 5.54 Å². The fraction of sp³-hybridized carbons (Fsp3) is 0.938. The molecule has 1 atom stereocenters. The maximum Gasteiger partial charge on any atom is 0.133 e. The number of nitrogens with one attached hydrogen (secondary N) is 1. The molecular weight excluding hydrogens is 236 g/mol. The molecule has 0 saturated heterocycles. The minimum Gasteiger partial charge on any atom is -0.375 e. The van der Waals surface area contributed by atoms with Gasteiger partial charge in [0.1, 0.15) is 5.54 Å². The molecule has 1 N–H and O–H groups in total. The highest BCUT2D eigenvalue weighted by Crippen LogP contribution is 2.40. The molecule has 0 heterocycles. The number of ether oxygens (including phenoxy) is 1. The number of hydrogen-bond donors (Lipinski definition) is 1. The van der Waals surface area contributed by atoms with Gasteiger partial charge in [-0.25, -0.2) is 0 Å². The van der Waals surface area contributed by atoms with Gasteiger partial charge in [0.05, 0.1) is 18.8 Å². The van der Waals surface area contributed by atoms with E-state index in [9.17, 15) is 5.26 Å². The van der Waals surface area contributed by atoms with Crippen molar-refractivity contribution in [2.24, 2.45) is 11.8 Å². The Morgan fingerprint density at radius 3 is 2.42 bits per heavy atom. The summed E-state index contributed by atoms with van der Waals surface area (Å²) in [5.74, 6) is 1.36. The van der Waals surface area contributed by atoms with E-state index in [0.29, 0.717) is 18.6 Å². The van der Waals surface area contributed by atoms with Gasteiger partial charge in [0.2, 0.25) is 0 Å². The van der Waals surface area contributed by atoms with Crippen molar-refractivity contribution < 1.29 is 4.74 Å². The van der Waals surface area contributed by atoms with Crippen molar-refractivity contribution in [2.45, 2.75) is 70.4 Å². The summed E-state index contributed by atoms with van der Waals surface area (Å²) in [5.41, 5.74) is -0.418. The smallest absolute Gasteiger partial charge is 0.133 e. The molecule has 3 heteroatoms. The monoisotopic (exact) mass is 264 g/mol. The lowest BCUT2D eigenvalue weighted by molar-refractivity contribution is -0.00789. The fourth-order valence-corrected chi connectivity index (χ4v) is 3.05. The Kier molecular flexibility index (Phi) is 5.24. The molecule has 0 aromatic heterocycles. The Labute approximate surface area is 117 Å². The molecule has 108 valence electrons. The number of nitrogens with zero attached hydrogens (tertiary/aromatic N) is 1. The Morgan fingerprint density at radius 1 is 1.21 bits per heavy atom. The summed E-state index contributed by atoms with van der Waals surface area (Å²) >= 11 is 0. The number of hydrogen-bond acceptors (Lipinski definition) is 3. The van der Waals surface area contributed by atoms with E-state index in [4.69, 9.17) is 4.74 Å². The van der Waals surface area contributed by atoms with Crippen LogP contribution >= 0.6 is 0 Å². The largest absolute Gasteiger partial charge is 0.375 e. The number of rotatable bonds is 7. The number of nitriles is 1. The van der Waals surface area contributed by atoms with Gasteiger partial charge in [-0.15, -0.1) is 0 Å². The average molecular weight is 264 g/mol. The van der Waals surface area contributed by atoms with Crippen molar-refractivity contribution in [3.63, 3.8) is 0 Å². The van der Waals surface area contributed by atoms with Gasteiger partial charge in [-0.05, 0) is 63.3 Å². The molecule has 2 saturated carbocycles. The van der Waals surface area contributed by atoms with E-state index in [-0.39, 0.29) is 0 Å². The fourth-order valence-electron chi connectivity index (χ4n) is 3.05. The molecule has 3 nitrogen and oxygen atoms in total. The van der Waals surface area contributed by atoms with E-state index in [2.05, 4.69) is 25.2 Å². The van der Waals surface area contributed by atoms with Crippen LogP contribution in [0, 0.1) is 23.2 Å². The third-order valence-electron chi connectivity index (χ3n) is 4.67. The molecular formula is C16H28N2O. The summed E-state index contributed by atoms with van der Waals surface area (Å²) in [5, 5.41) is 13.0. The second-order valence-corrected chi connectivity index (χ2v) is 6.48. The summed E-state index contributed by atoms with van der Waals surface area (Å²) in [6, 6.07) is 2.52. The molecule has 1 unspecified atom stereocenters. The normalized spacial score (nSPS) is 30.6. The van der Waals surface area contributed by atoms with Gasteiger partial charge in [-0.2, -0.15) is 5.26 Å². The van der Waals surface area contributed by atoms with Gasteiger partial charge in [0.25, 0.3) is 0 Å². The lowest BCUT2D eigenvalue weighted by Crippen LogP contribution is -2.51. The van der Waals surface area contributed by atoms with Crippen LogP contribution in [0.4, 0.5) is 0 Å². The minimum absolute atomic E-state index is 0.381. The zero-order valence-electron chi connectivity index (χ0n) is 12.5. The van der Waals surface area contributed by atoms with E-state index in [1.54, 1.807) is 0 Å². The summed E-state index contributed by atoms with van der Waals surface area (Å²) in [6.07, 6.45) is 8.68. The molecule has 0 aromatic rings. The van der Waals surface area contributed by atoms with Crippen LogP contribution in [0.1, 0.15) is 58.8 Å². The van der Waals surface area contributed by atoms with Gasteiger partial charge in [0, 0.05) is 0 Å². The maximum atomic E-state index is 9.59. The highest BCUT2D eigenvalue weighted by molar-refractivity contribution is 5.15. The van der Waals surface area contributed by atoms with E-state index in [1.807, 2.05) is 0 Å². The molecule has 0 bridgehead atoms. The Balaban J connectivity index is 1.84. The second kappa shape index (κ2) is 6.72. The lowest BCUT2D eigenvalue weighted by Gasteiger charge is -2.32. The molecule has 2 fully saturated rings. The van der Waals surface area contributed by atoms with Crippen LogP contribution in [-0.4, -0.2) is 24.8 Å². The Bertz CT molecular complexity index is 313. The second-order valence-electron chi connectivity index (χ2n) is 6.48. The SMILES string of the molecule is CCCNC(C#N)(COC1CCC(C)CC1)C1CC1. The van der Waals surface area contributed by atoms with Crippen LogP contribution in [0.5, 0.6) is 0 Å². The van der Waals surface area contributed by atoms with Gasteiger partial charge >= 0.3 is 0 Å². The van der Waals surface area contributed by atoms with Crippen LogP contribution in [-0.2, 0) is 4.74 Å². The predicted molar refractivity (Wildman–Crippen MR) is 76.7 cm³/mol. The third kappa shape index (κ3) is 3.94. The van der Waals surface area contributed by atoms with Crippen molar-refractivity contribution in [3.05, 3.63) is 0 Å². The quantitative estimate of drug-likeness (QED) is 0.767. The van der Waals surface area contributed by atoms with E-state index in [0.717, 1.165) is 18.9 Å². The summed E-state index contributed by atoms with van der Waals surface area (Å²) in [7, 11) is 0. The van der Waals surface area contributed by atoms with Crippen molar-refractivity contribution in [3.8, 4) is 6.07 Å². The molecule has 0 amide bonds. The van der Waals surface area contributed by atoms with Crippen LogP contribution in [0.25, 0.3) is 0 Å². The standard InChI is InChI=1S/C16H28N2O/c1-3-10-18-16(11-17,14-6-7-14)12-19-15-8-4-13(2)5-9-15/h13-15,18H,3-10,12H2,1-2H3. The van der Waals surface area contributed by atoms with Gasteiger partial charge in [-0.1, -0.05) is 13.8 Å². The first kappa shape index (κ1) is 14.8. The zero-order chi connectivity index (χ0) is 13.7. The molecule has 2 aliphatic carbocycles. The molecule has 0 aromatic carbocycles. The first-order valence-corrected chi connectivity index (χ1v) is 7.98. The highest BCUT2D eigenvalue weighted by atomic mass is 16.5. The van der Waals surface area contributed by atoms with E-state index in [1.165, 1.54) is 38.5 Å². The first-order chi connectivity index (χ1) is 9.20. The summed E-state index contributed by atoms with van der Waals surface area (Å²) in [6.45, 7) is 5.95. The average Bonchev–Trinajstić information content (AvgIpc) is 3.26. The van der Waals surface area contributed by atoms with Crippen molar-refractivity contribution in [1.29, 1.82) is 5.26 Å². The maximum absolute atomic E-state index is 9.59. The predicted octanol–water partition coefficient (Wildman–Crippen LogP) is 3.25. The Hall–Kier alpha value is -0.590. The first-order valence-electron chi connectivity index (χ1n) is 7.98. The van der Waals surface area contributed by atoms with Gasteiger partial charge in [-0.3, -0.25) is 5.32 Å². The van der Waals surface area contributed by atoms with Gasteiger partial charge in [0.15, 0.2) is 0 Å². The van der Waals surface area contributed by atoms with E-state index >= 15 is 0 Å². The molecule has 2 rings (SSSR count). The summed E-state index contributed by atoms with van der Waals surface area (Å²) < 4.78 is 6.10. The lowest BCUT2D eigenvalue weighted by atomic mass is 9.88. The van der Waals surface area contributed by atoms with Crippen LogP contribution in [0.15, 0.2) is 0 Å². The van der Waals surface area contributed by atoms with Crippen molar-refractivity contribution in [2.75, 3.05) is 13.2 Å². The van der Waals surface area contributed by atoms with Crippen molar-refractivity contribution in [1.82, 2.24) is 5.32 Å². The van der Waals surface area contributed by atoms with Crippen LogP contribution < -0.4 is 5.32 Å². The van der Waals surface area contributed by atoms with Gasteiger partial charge < -0.3 is 4.74 Å². The highest BCUT2D eigenvalue weighted by Gasteiger charge is 2.46. The third-order valence-corrected chi connectivity index (χ3v) is 4.67.